The van der Waals surface area contributed by atoms with Crippen LogP contribution in [0.15, 0.2) is 13.6 Å². The molecule has 0 amide bonds. The van der Waals surface area contributed by atoms with Crippen molar-refractivity contribution in [3.8, 4) is 0 Å². The molecule has 1 saturated heterocycles. The van der Waals surface area contributed by atoms with Gasteiger partial charge in [0.1, 0.15) is 0 Å². The molecule has 1 unspecified atom stereocenters. The van der Waals surface area contributed by atoms with E-state index in [1.54, 1.807) is 0 Å². The molecule has 2 heterocycles. The minimum atomic E-state index is -0.580. The lowest BCUT2D eigenvalue weighted by Gasteiger charge is -2.21. The Balaban J connectivity index is 1.97. The molecule has 1 atom stereocenters. The van der Waals surface area contributed by atoms with E-state index in [1.165, 1.54) is 11.3 Å². The highest BCUT2D eigenvalue weighted by Gasteiger charge is 2.26. The molecule has 1 aromatic rings. The van der Waals surface area contributed by atoms with Crippen molar-refractivity contribution in [2.45, 2.75) is 31.8 Å². The molecular formula is C13H17Br2NO2S. The van der Waals surface area contributed by atoms with Gasteiger partial charge in [0.2, 0.25) is 0 Å². The van der Waals surface area contributed by atoms with Crippen LogP contribution >= 0.6 is 43.2 Å². The molecule has 19 heavy (non-hydrogen) atoms. The Morgan fingerprint density at radius 3 is 2.84 bits per heavy atom. The second-order valence-electron chi connectivity index (χ2n) is 5.29. The molecule has 0 aromatic carbocycles. The highest BCUT2D eigenvalue weighted by Crippen LogP contribution is 2.32. The van der Waals surface area contributed by atoms with E-state index < -0.39 is 5.60 Å². The first-order chi connectivity index (χ1) is 8.87. The van der Waals surface area contributed by atoms with Crippen LogP contribution in [0.1, 0.15) is 36.5 Å². The van der Waals surface area contributed by atoms with E-state index >= 15 is 0 Å². The molecule has 2 rings (SSSR count). The number of Topliss-reactive ketones (excluding diaryl/α,β-unsaturated/α-hetero) is 1. The van der Waals surface area contributed by atoms with Crippen molar-refractivity contribution in [3.05, 3.63) is 19.2 Å². The number of ketones is 1. The molecule has 1 fully saturated rings. The van der Waals surface area contributed by atoms with E-state index in [1.807, 2.05) is 13.0 Å². The molecule has 1 N–H and O–H groups in total. The van der Waals surface area contributed by atoms with Gasteiger partial charge >= 0.3 is 0 Å². The topological polar surface area (TPSA) is 40.5 Å². The number of aliphatic hydroxyl groups is 1. The van der Waals surface area contributed by atoms with Gasteiger partial charge in [-0.2, -0.15) is 0 Å². The van der Waals surface area contributed by atoms with Crippen molar-refractivity contribution in [1.82, 2.24) is 4.90 Å². The maximum atomic E-state index is 12.3. The summed E-state index contributed by atoms with van der Waals surface area (Å²) >= 11 is 8.34. The van der Waals surface area contributed by atoms with Crippen LogP contribution in [-0.4, -0.2) is 41.0 Å². The van der Waals surface area contributed by atoms with Crippen LogP contribution in [0.5, 0.6) is 0 Å². The lowest BCUT2D eigenvalue weighted by Crippen LogP contribution is -2.32. The number of hydrogen-bond donors (Lipinski definition) is 1. The van der Waals surface area contributed by atoms with E-state index in [-0.39, 0.29) is 5.78 Å². The normalized spacial score (nSPS) is 25.3. The summed E-state index contributed by atoms with van der Waals surface area (Å²) in [4.78, 5) is 14.4. The SMILES string of the molecule is CC1(O)CCCN(CC(=O)c2cc(Br)sc2Br)CC1. The van der Waals surface area contributed by atoms with Gasteiger partial charge in [0, 0.05) is 12.1 Å². The van der Waals surface area contributed by atoms with Crippen LogP contribution < -0.4 is 0 Å². The molecular weight excluding hydrogens is 394 g/mol. The zero-order valence-corrected chi connectivity index (χ0v) is 14.8. The number of likely N-dealkylation sites (tertiary alicyclic amines) is 1. The van der Waals surface area contributed by atoms with Gasteiger partial charge in [-0.3, -0.25) is 9.69 Å². The standard InChI is InChI=1S/C13H17Br2NO2S/c1-13(18)3-2-5-16(6-4-13)8-10(17)9-7-11(14)19-12(9)15/h7,18H,2-6,8H2,1H3. The number of halogens is 2. The van der Waals surface area contributed by atoms with E-state index in [0.717, 1.165) is 45.5 Å². The Kier molecular flexibility index (Phi) is 5.22. The maximum Gasteiger partial charge on any atom is 0.178 e. The van der Waals surface area contributed by atoms with Crippen molar-refractivity contribution in [2.75, 3.05) is 19.6 Å². The van der Waals surface area contributed by atoms with Gasteiger partial charge < -0.3 is 5.11 Å². The predicted octanol–water partition coefficient (Wildman–Crippen LogP) is 3.69. The minimum absolute atomic E-state index is 0.135. The lowest BCUT2D eigenvalue weighted by atomic mass is 9.98. The number of carbonyl (C=O) groups is 1. The highest BCUT2D eigenvalue weighted by atomic mass is 79.9. The largest absolute Gasteiger partial charge is 0.390 e. The van der Waals surface area contributed by atoms with Crippen molar-refractivity contribution < 1.29 is 9.90 Å². The van der Waals surface area contributed by atoms with E-state index in [0.29, 0.717) is 6.54 Å². The molecule has 0 bridgehead atoms. The van der Waals surface area contributed by atoms with Gasteiger partial charge in [-0.15, -0.1) is 11.3 Å². The summed E-state index contributed by atoms with van der Waals surface area (Å²) in [5.41, 5.74) is 0.164. The van der Waals surface area contributed by atoms with E-state index in [2.05, 4.69) is 36.8 Å². The Bertz CT molecular complexity index is 473. The Morgan fingerprint density at radius 2 is 2.21 bits per heavy atom. The second kappa shape index (κ2) is 6.35. The predicted molar refractivity (Wildman–Crippen MR) is 85.0 cm³/mol. The monoisotopic (exact) mass is 409 g/mol. The van der Waals surface area contributed by atoms with Crippen molar-refractivity contribution in [1.29, 1.82) is 0 Å². The average Bonchev–Trinajstić information content (AvgIpc) is 2.55. The smallest absolute Gasteiger partial charge is 0.178 e. The first-order valence-electron chi connectivity index (χ1n) is 6.30. The van der Waals surface area contributed by atoms with Gasteiger partial charge in [0.15, 0.2) is 5.78 Å². The maximum absolute atomic E-state index is 12.3. The Morgan fingerprint density at radius 1 is 1.47 bits per heavy atom. The zero-order valence-electron chi connectivity index (χ0n) is 10.8. The van der Waals surface area contributed by atoms with Crippen molar-refractivity contribution in [2.24, 2.45) is 0 Å². The third-order valence-corrected chi connectivity index (χ3v) is 5.82. The number of rotatable bonds is 3. The summed E-state index contributed by atoms with van der Waals surface area (Å²) in [7, 11) is 0. The summed E-state index contributed by atoms with van der Waals surface area (Å²) in [6.07, 6.45) is 2.48. The fraction of sp³-hybridized carbons (Fsp3) is 0.615. The number of nitrogens with zero attached hydrogens (tertiary/aromatic N) is 1. The Hall–Kier alpha value is 0.250. The van der Waals surface area contributed by atoms with Crippen LogP contribution in [-0.2, 0) is 0 Å². The fourth-order valence-corrected chi connectivity index (χ4v) is 5.15. The molecule has 106 valence electrons. The molecule has 1 aliphatic heterocycles. The van der Waals surface area contributed by atoms with Gasteiger partial charge in [0.25, 0.3) is 0 Å². The first kappa shape index (κ1) is 15.6. The van der Waals surface area contributed by atoms with Crippen LogP contribution in [0.3, 0.4) is 0 Å². The minimum Gasteiger partial charge on any atom is -0.390 e. The fourth-order valence-electron chi connectivity index (χ4n) is 2.30. The van der Waals surface area contributed by atoms with Gasteiger partial charge in [-0.25, -0.2) is 0 Å². The molecule has 1 aliphatic rings. The van der Waals surface area contributed by atoms with Crippen LogP contribution in [0, 0.1) is 0 Å². The molecule has 0 radical (unpaired) electrons. The highest BCUT2D eigenvalue weighted by molar-refractivity contribution is 9.12. The van der Waals surface area contributed by atoms with Crippen LogP contribution in [0.2, 0.25) is 0 Å². The van der Waals surface area contributed by atoms with Crippen LogP contribution in [0.4, 0.5) is 0 Å². The van der Waals surface area contributed by atoms with Crippen molar-refractivity contribution in [3.63, 3.8) is 0 Å². The molecule has 1 aromatic heterocycles. The zero-order chi connectivity index (χ0) is 14.0. The van der Waals surface area contributed by atoms with Gasteiger partial charge in [0.05, 0.1) is 19.7 Å². The number of thiophene rings is 1. The summed E-state index contributed by atoms with van der Waals surface area (Å²) in [5, 5.41) is 10.0. The molecule has 0 saturated carbocycles. The summed E-state index contributed by atoms with van der Waals surface area (Å²) in [5.74, 6) is 0.135. The Labute approximate surface area is 134 Å². The van der Waals surface area contributed by atoms with E-state index in [4.69, 9.17) is 0 Å². The summed E-state index contributed by atoms with van der Waals surface area (Å²) in [6.45, 7) is 3.97. The number of carbonyl (C=O) groups excluding carboxylic acids is 1. The van der Waals surface area contributed by atoms with Gasteiger partial charge in [-0.05, 0) is 70.7 Å². The van der Waals surface area contributed by atoms with E-state index in [9.17, 15) is 9.90 Å². The average molecular weight is 411 g/mol. The lowest BCUT2D eigenvalue weighted by molar-refractivity contribution is 0.0444. The quantitative estimate of drug-likeness (QED) is 0.772. The molecule has 3 nitrogen and oxygen atoms in total. The second-order valence-corrected chi connectivity index (χ2v) is 9.04. The molecule has 0 aliphatic carbocycles. The molecule has 6 heteroatoms. The van der Waals surface area contributed by atoms with Gasteiger partial charge in [-0.1, -0.05) is 0 Å². The third-order valence-electron chi connectivity index (χ3n) is 3.48. The van der Waals surface area contributed by atoms with Crippen molar-refractivity contribution >= 4 is 49.0 Å². The summed E-state index contributed by atoms with van der Waals surface area (Å²) < 4.78 is 1.84. The summed E-state index contributed by atoms with van der Waals surface area (Å²) in [6, 6.07) is 1.87. The first-order valence-corrected chi connectivity index (χ1v) is 8.70. The number of hydrogen-bond acceptors (Lipinski definition) is 4. The third kappa shape index (κ3) is 4.36. The molecule has 0 spiro atoms. The van der Waals surface area contributed by atoms with Crippen LogP contribution in [0.25, 0.3) is 0 Å².